The van der Waals surface area contributed by atoms with Crippen molar-refractivity contribution < 1.29 is 19.4 Å². The van der Waals surface area contributed by atoms with Crippen LogP contribution in [0.3, 0.4) is 0 Å². The first-order chi connectivity index (χ1) is 19.3. The highest BCUT2D eigenvalue weighted by atomic mass is 35.5. The monoisotopic (exact) mass is 579 g/mol. The third-order valence-corrected chi connectivity index (χ3v) is 9.01. The number of rotatable bonds is 8. The van der Waals surface area contributed by atoms with Crippen molar-refractivity contribution in [3.8, 4) is 0 Å². The van der Waals surface area contributed by atoms with Gasteiger partial charge >= 0.3 is 5.97 Å². The second kappa shape index (κ2) is 11.0. The Hall–Kier alpha value is -3.13. The van der Waals surface area contributed by atoms with Gasteiger partial charge in [0, 0.05) is 35.5 Å². The Morgan fingerprint density at radius 2 is 1.77 bits per heavy atom. The van der Waals surface area contributed by atoms with Gasteiger partial charge < -0.3 is 19.5 Å². The lowest BCUT2D eigenvalue weighted by Crippen LogP contribution is -2.25. The number of fused-ring (bicyclic) bond motifs is 2. The summed E-state index contributed by atoms with van der Waals surface area (Å²) in [6.07, 6.45) is 3.74. The van der Waals surface area contributed by atoms with Crippen molar-refractivity contribution in [1.29, 1.82) is 5.41 Å². The van der Waals surface area contributed by atoms with Crippen molar-refractivity contribution in [2.24, 2.45) is 17.8 Å². The van der Waals surface area contributed by atoms with Crippen molar-refractivity contribution in [2.75, 3.05) is 31.7 Å². The highest BCUT2D eigenvalue weighted by Gasteiger charge is 2.42. The van der Waals surface area contributed by atoms with Crippen LogP contribution in [0.25, 0.3) is 10.9 Å². The Kier molecular flexibility index (Phi) is 7.46. The number of aromatic nitrogens is 1. The van der Waals surface area contributed by atoms with Crippen LogP contribution in [0.2, 0.25) is 10.0 Å². The van der Waals surface area contributed by atoms with Gasteiger partial charge in [-0.3, -0.25) is 5.41 Å². The SMILES string of the molecule is COC(=O)c1ccc2nc(N3C[C@H]4C[C@H](OC/C(C(=N)c5c(Cl)cccc5Cl)=C(/O)C5CC5)C[C@H]4C3)ccc2c1. The normalized spacial score (nSPS) is 22.8. The minimum absolute atomic E-state index is 0.0648. The number of hydrogen-bond donors (Lipinski definition) is 2. The fraction of sp³-hybridized carbons (Fsp3) is 0.387. The van der Waals surface area contributed by atoms with Crippen LogP contribution in [0.1, 0.15) is 41.6 Å². The number of benzene rings is 2. The van der Waals surface area contributed by atoms with Gasteiger partial charge in [-0.15, -0.1) is 0 Å². The first kappa shape index (κ1) is 27.1. The van der Waals surface area contributed by atoms with Gasteiger partial charge in [0.1, 0.15) is 11.6 Å². The van der Waals surface area contributed by atoms with Crippen LogP contribution < -0.4 is 4.90 Å². The van der Waals surface area contributed by atoms with E-state index in [1.807, 2.05) is 24.3 Å². The number of aliphatic hydroxyl groups is 1. The standard InChI is InChI=1S/C31H31Cl2N3O4/c1-39-31(38)19-7-9-26-18(11-19)8-10-27(35-26)36-14-20-12-22(13-21(20)15-36)40-16-23(30(37)17-5-6-17)29(34)28-24(32)3-2-4-25(28)33/h2-4,7-11,17,20-22,34,37H,5-6,12-16H2,1H3/b30-23-,34-29?/t20-,21+,22+. The zero-order valence-corrected chi connectivity index (χ0v) is 23.7. The maximum absolute atomic E-state index is 11.8. The van der Waals surface area contributed by atoms with Gasteiger partial charge in [0.05, 0.1) is 46.7 Å². The van der Waals surface area contributed by atoms with Crippen molar-refractivity contribution >= 4 is 51.6 Å². The fourth-order valence-corrected chi connectivity index (χ4v) is 6.66. The topological polar surface area (TPSA) is 95.7 Å². The Morgan fingerprint density at radius 3 is 2.42 bits per heavy atom. The van der Waals surface area contributed by atoms with Crippen LogP contribution in [-0.4, -0.2) is 54.7 Å². The lowest BCUT2D eigenvalue weighted by Gasteiger charge is -2.22. The zero-order valence-electron chi connectivity index (χ0n) is 22.2. The Morgan fingerprint density at radius 1 is 1.07 bits per heavy atom. The van der Waals surface area contributed by atoms with Crippen LogP contribution in [0.4, 0.5) is 5.82 Å². The van der Waals surface area contributed by atoms with Gasteiger partial charge in [0.25, 0.3) is 0 Å². The Balaban J connectivity index is 1.10. The quantitative estimate of drug-likeness (QED) is 0.172. The highest BCUT2D eigenvalue weighted by Crippen LogP contribution is 2.42. The summed E-state index contributed by atoms with van der Waals surface area (Å²) in [7, 11) is 1.38. The number of aliphatic hydroxyl groups excluding tert-OH is 1. The molecule has 0 radical (unpaired) electrons. The van der Waals surface area contributed by atoms with Crippen LogP contribution in [0.15, 0.2) is 59.9 Å². The van der Waals surface area contributed by atoms with Crippen LogP contribution in [0.5, 0.6) is 0 Å². The molecule has 208 valence electrons. The van der Waals surface area contributed by atoms with E-state index >= 15 is 0 Å². The molecule has 0 amide bonds. The Labute approximate surface area is 243 Å². The number of esters is 1. The molecule has 1 aliphatic heterocycles. The second-order valence-electron chi connectivity index (χ2n) is 11.0. The molecular formula is C31H31Cl2N3O4. The number of ether oxygens (including phenoxy) is 2. The van der Waals surface area contributed by atoms with E-state index in [0.717, 1.165) is 55.5 Å². The third kappa shape index (κ3) is 5.30. The van der Waals surface area contributed by atoms with Crippen molar-refractivity contribution in [2.45, 2.75) is 31.8 Å². The molecule has 3 fully saturated rings. The molecule has 2 N–H and O–H groups in total. The van der Waals surface area contributed by atoms with Gasteiger partial charge in [-0.1, -0.05) is 29.3 Å². The molecule has 0 bridgehead atoms. The Bertz CT molecular complexity index is 1490. The molecule has 40 heavy (non-hydrogen) atoms. The smallest absolute Gasteiger partial charge is 0.337 e. The minimum atomic E-state index is -0.356. The van der Waals surface area contributed by atoms with E-state index in [1.54, 1.807) is 24.3 Å². The van der Waals surface area contributed by atoms with E-state index < -0.39 is 0 Å². The molecule has 2 aliphatic carbocycles. The largest absolute Gasteiger partial charge is 0.512 e. The summed E-state index contributed by atoms with van der Waals surface area (Å²) in [5, 5.41) is 21.4. The molecule has 9 heteroatoms. The molecule has 3 aromatic rings. The van der Waals surface area contributed by atoms with Crippen LogP contribution in [0, 0.1) is 23.2 Å². The molecule has 3 atom stereocenters. The molecule has 1 saturated heterocycles. The lowest BCUT2D eigenvalue weighted by molar-refractivity contribution is 0.0600. The average Bonchev–Trinajstić information content (AvgIpc) is 3.63. The summed E-state index contributed by atoms with van der Waals surface area (Å²) >= 11 is 12.8. The maximum Gasteiger partial charge on any atom is 0.337 e. The van der Waals surface area contributed by atoms with Crippen LogP contribution in [-0.2, 0) is 9.47 Å². The van der Waals surface area contributed by atoms with Crippen LogP contribution >= 0.6 is 23.2 Å². The molecule has 2 aromatic carbocycles. The molecule has 6 rings (SSSR count). The average molecular weight is 581 g/mol. The van der Waals surface area contributed by atoms with E-state index in [4.69, 9.17) is 43.1 Å². The van der Waals surface area contributed by atoms with E-state index in [0.29, 0.717) is 38.6 Å². The third-order valence-electron chi connectivity index (χ3n) is 8.38. The number of anilines is 1. The predicted octanol–water partition coefficient (Wildman–Crippen LogP) is 6.85. The summed E-state index contributed by atoms with van der Waals surface area (Å²) < 4.78 is 11.2. The minimum Gasteiger partial charge on any atom is -0.512 e. The van der Waals surface area contributed by atoms with Gasteiger partial charge in [-0.2, -0.15) is 0 Å². The second-order valence-corrected chi connectivity index (χ2v) is 11.8. The number of allylic oxidation sites excluding steroid dienone is 1. The molecule has 1 aromatic heterocycles. The van der Waals surface area contributed by atoms with E-state index in [9.17, 15) is 9.90 Å². The first-order valence-electron chi connectivity index (χ1n) is 13.6. The lowest BCUT2D eigenvalue weighted by atomic mass is 10.00. The maximum atomic E-state index is 11.8. The molecule has 0 unspecified atom stereocenters. The highest BCUT2D eigenvalue weighted by molar-refractivity contribution is 6.41. The number of hydrogen-bond acceptors (Lipinski definition) is 7. The summed E-state index contributed by atoms with van der Waals surface area (Å²) in [6, 6.07) is 14.6. The molecular weight excluding hydrogens is 549 g/mol. The van der Waals surface area contributed by atoms with Gasteiger partial charge in [0.15, 0.2) is 0 Å². The molecule has 7 nitrogen and oxygen atoms in total. The van der Waals surface area contributed by atoms with Gasteiger partial charge in [0.2, 0.25) is 0 Å². The first-order valence-corrected chi connectivity index (χ1v) is 14.4. The number of pyridine rings is 1. The zero-order chi connectivity index (χ0) is 28.0. The van der Waals surface area contributed by atoms with Crippen molar-refractivity contribution in [1.82, 2.24) is 4.98 Å². The summed E-state index contributed by atoms with van der Waals surface area (Å²) in [5.41, 5.74) is 2.40. The van der Waals surface area contributed by atoms with Crippen molar-refractivity contribution in [3.63, 3.8) is 0 Å². The summed E-state index contributed by atoms with van der Waals surface area (Å²) in [4.78, 5) is 19.0. The van der Waals surface area contributed by atoms with E-state index in [2.05, 4.69) is 4.90 Å². The molecule has 2 heterocycles. The number of methoxy groups -OCH3 is 1. The molecule has 3 aliphatic rings. The molecule has 2 saturated carbocycles. The predicted molar refractivity (Wildman–Crippen MR) is 157 cm³/mol. The number of nitrogens with one attached hydrogen (secondary N) is 1. The van der Waals surface area contributed by atoms with E-state index in [1.165, 1.54) is 7.11 Å². The number of halogens is 2. The summed E-state index contributed by atoms with van der Waals surface area (Å²) in [6.45, 7) is 1.98. The van der Waals surface area contributed by atoms with Gasteiger partial charge in [-0.25, -0.2) is 9.78 Å². The number of carbonyl (C=O) groups is 1. The van der Waals surface area contributed by atoms with E-state index in [-0.39, 0.29) is 36.1 Å². The molecule has 0 spiro atoms. The fourth-order valence-electron chi connectivity index (χ4n) is 6.07. The summed E-state index contributed by atoms with van der Waals surface area (Å²) in [5.74, 6) is 1.88. The van der Waals surface area contributed by atoms with Gasteiger partial charge in [-0.05, 0) is 80.0 Å². The van der Waals surface area contributed by atoms with Crippen molar-refractivity contribution in [3.05, 3.63) is 81.0 Å². The number of carbonyl (C=O) groups excluding carboxylic acids is 1. The number of nitrogens with zero attached hydrogens (tertiary/aromatic N) is 2.